The molecule has 0 aromatic carbocycles. The highest BCUT2D eigenvalue weighted by molar-refractivity contribution is 4.74. The Morgan fingerprint density at radius 2 is 2.23 bits per heavy atom. The van der Waals surface area contributed by atoms with Crippen molar-refractivity contribution in [3.63, 3.8) is 0 Å². The van der Waals surface area contributed by atoms with E-state index < -0.39 is 0 Å². The van der Waals surface area contributed by atoms with E-state index in [9.17, 15) is 5.11 Å². The minimum absolute atomic E-state index is 0.129. The Labute approximate surface area is 81.3 Å². The number of ether oxygens (including phenoxy) is 1. The predicted octanol–water partition coefficient (Wildman–Crippen LogP) is 2.35. The summed E-state index contributed by atoms with van der Waals surface area (Å²) in [6.45, 7) is 5.27. The molecule has 2 nitrogen and oxygen atoms in total. The van der Waals surface area contributed by atoms with Crippen molar-refractivity contribution in [3.8, 4) is 0 Å². The van der Waals surface area contributed by atoms with Crippen LogP contribution in [0.4, 0.5) is 0 Å². The smallest absolute Gasteiger partial charge is 0.0834 e. The molecule has 0 spiro atoms. The van der Waals surface area contributed by atoms with Gasteiger partial charge in [0.1, 0.15) is 0 Å². The molecule has 1 aliphatic heterocycles. The number of hydrogen-bond donors (Lipinski definition) is 1. The van der Waals surface area contributed by atoms with E-state index in [0.717, 1.165) is 38.2 Å². The molecule has 0 aromatic rings. The van der Waals surface area contributed by atoms with E-state index in [1.54, 1.807) is 0 Å². The summed E-state index contributed by atoms with van der Waals surface area (Å²) < 4.78 is 5.43. The van der Waals surface area contributed by atoms with Gasteiger partial charge >= 0.3 is 0 Å². The molecule has 0 bridgehead atoms. The lowest BCUT2D eigenvalue weighted by atomic mass is 9.97. The van der Waals surface area contributed by atoms with Crippen molar-refractivity contribution in [2.24, 2.45) is 5.92 Å². The van der Waals surface area contributed by atoms with Crippen molar-refractivity contribution in [2.45, 2.75) is 58.2 Å². The third-order valence-electron chi connectivity index (χ3n) is 3.05. The van der Waals surface area contributed by atoms with Crippen molar-refractivity contribution in [1.82, 2.24) is 0 Å². The van der Waals surface area contributed by atoms with Gasteiger partial charge in [0.2, 0.25) is 0 Å². The van der Waals surface area contributed by atoms with Crippen LogP contribution in [-0.2, 0) is 4.74 Å². The van der Waals surface area contributed by atoms with Crippen LogP contribution in [0.15, 0.2) is 0 Å². The molecule has 78 valence electrons. The van der Waals surface area contributed by atoms with Gasteiger partial charge in [-0.05, 0) is 31.6 Å². The van der Waals surface area contributed by atoms with Crippen LogP contribution in [-0.4, -0.2) is 23.9 Å². The fraction of sp³-hybridized carbons (Fsp3) is 1.00. The minimum atomic E-state index is -0.225. The molecule has 1 fully saturated rings. The van der Waals surface area contributed by atoms with Crippen LogP contribution in [0.1, 0.15) is 46.0 Å². The number of aliphatic hydroxyl groups is 1. The standard InChI is InChI=1S/C11H22O2/c1-3-9(2)6-7-10(12)11-5-4-8-13-11/h9-12H,3-8H2,1-2H3. The molecule has 1 rings (SSSR count). The highest BCUT2D eigenvalue weighted by atomic mass is 16.5. The molecular weight excluding hydrogens is 164 g/mol. The molecule has 1 aliphatic rings. The molecule has 0 aliphatic carbocycles. The second kappa shape index (κ2) is 5.61. The van der Waals surface area contributed by atoms with Crippen LogP contribution in [0, 0.1) is 5.92 Å². The molecule has 0 amide bonds. The monoisotopic (exact) mass is 186 g/mol. The Morgan fingerprint density at radius 3 is 2.77 bits per heavy atom. The SMILES string of the molecule is CCC(C)CCC(O)C1CCCO1. The van der Waals surface area contributed by atoms with Crippen molar-refractivity contribution in [2.75, 3.05) is 6.61 Å². The largest absolute Gasteiger partial charge is 0.390 e. The average molecular weight is 186 g/mol. The Morgan fingerprint density at radius 1 is 1.46 bits per heavy atom. The summed E-state index contributed by atoms with van der Waals surface area (Å²) in [6, 6.07) is 0. The highest BCUT2D eigenvalue weighted by Gasteiger charge is 2.23. The Balaban J connectivity index is 2.12. The third-order valence-corrected chi connectivity index (χ3v) is 3.05. The van der Waals surface area contributed by atoms with E-state index in [4.69, 9.17) is 4.74 Å². The molecule has 1 heterocycles. The molecule has 3 atom stereocenters. The first-order valence-electron chi connectivity index (χ1n) is 5.53. The second-order valence-electron chi connectivity index (χ2n) is 4.21. The van der Waals surface area contributed by atoms with Crippen LogP contribution in [0.2, 0.25) is 0 Å². The average Bonchev–Trinajstić information content (AvgIpc) is 2.66. The summed E-state index contributed by atoms with van der Waals surface area (Å²) in [7, 11) is 0. The van der Waals surface area contributed by atoms with Gasteiger partial charge in [-0.2, -0.15) is 0 Å². The predicted molar refractivity (Wildman–Crippen MR) is 53.7 cm³/mol. The van der Waals surface area contributed by atoms with Crippen molar-refractivity contribution in [1.29, 1.82) is 0 Å². The Kier molecular flexibility index (Phi) is 4.74. The topological polar surface area (TPSA) is 29.5 Å². The van der Waals surface area contributed by atoms with Crippen molar-refractivity contribution in [3.05, 3.63) is 0 Å². The zero-order chi connectivity index (χ0) is 9.68. The van der Waals surface area contributed by atoms with E-state index in [0.29, 0.717) is 0 Å². The third kappa shape index (κ3) is 3.65. The van der Waals surface area contributed by atoms with Gasteiger partial charge in [0.25, 0.3) is 0 Å². The van der Waals surface area contributed by atoms with Crippen LogP contribution >= 0.6 is 0 Å². The van der Waals surface area contributed by atoms with Crippen molar-refractivity contribution >= 4 is 0 Å². The normalized spacial score (nSPS) is 27.5. The first-order chi connectivity index (χ1) is 6.24. The molecule has 3 unspecified atom stereocenters. The van der Waals surface area contributed by atoms with E-state index in [2.05, 4.69) is 13.8 Å². The van der Waals surface area contributed by atoms with E-state index in [1.807, 2.05) is 0 Å². The van der Waals surface area contributed by atoms with E-state index in [1.165, 1.54) is 6.42 Å². The maximum Gasteiger partial charge on any atom is 0.0834 e. The van der Waals surface area contributed by atoms with Gasteiger partial charge < -0.3 is 9.84 Å². The second-order valence-corrected chi connectivity index (χ2v) is 4.21. The van der Waals surface area contributed by atoms with E-state index >= 15 is 0 Å². The molecule has 2 heteroatoms. The van der Waals surface area contributed by atoms with Gasteiger partial charge in [-0.1, -0.05) is 20.3 Å². The summed E-state index contributed by atoms with van der Waals surface area (Å²) in [5.41, 5.74) is 0. The van der Waals surface area contributed by atoms with Gasteiger partial charge in [0.15, 0.2) is 0 Å². The first-order valence-corrected chi connectivity index (χ1v) is 5.53. The lowest BCUT2D eigenvalue weighted by Gasteiger charge is -2.18. The molecule has 1 saturated heterocycles. The van der Waals surface area contributed by atoms with Crippen LogP contribution in [0.3, 0.4) is 0 Å². The Hall–Kier alpha value is -0.0800. The lowest BCUT2D eigenvalue weighted by Crippen LogP contribution is -2.25. The fourth-order valence-electron chi connectivity index (χ4n) is 1.75. The molecular formula is C11H22O2. The summed E-state index contributed by atoms with van der Waals surface area (Å²) in [6.07, 6.45) is 5.29. The number of hydrogen-bond acceptors (Lipinski definition) is 2. The maximum absolute atomic E-state index is 9.77. The zero-order valence-electron chi connectivity index (χ0n) is 8.83. The molecule has 0 radical (unpaired) electrons. The molecule has 1 N–H and O–H groups in total. The van der Waals surface area contributed by atoms with Crippen LogP contribution in [0.25, 0.3) is 0 Å². The van der Waals surface area contributed by atoms with Crippen LogP contribution < -0.4 is 0 Å². The Bertz CT molecular complexity index is 130. The lowest BCUT2D eigenvalue weighted by molar-refractivity contribution is -0.00782. The summed E-state index contributed by atoms with van der Waals surface area (Å²) in [5, 5.41) is 9.77. The first kappa shape index (κ1) is 11.0. The zero-order valence-corrected chi connectivity index (χ0v) is 8.83. The highest BCUT2D eigenvalue weighted by Crippen LogP contribution is 2.20. The van der Waals surface area contributed by atoms with Gasteiger partial charge in [-0.15, -0.1) is 0 Å². The van der Waals surface area contributed by atoms with Gasteiger partial charge in [0, 0.05) is 6.61 Å². The number of aliphatic hydroxyl groups excluding tert-OH is 1. The molecule has 13 heavy (non-hydrogen) atoms. The van der Waals surface area contributed by atoms with E-state index in [-0.39, 0.29) is 12.2 Å². The molecule has 0 aromatic heterocycles. The van der Waals surface area contributed by atoms with Gasteiger partial charge in [-0.25, -0.2) is 0 Å². The van der Waals surface area contributed by atoms with Gasteiger partial charge in [0.05, 0.1) is 12.2 Å². The summed E-state index contributed by atoms with van der Waals surface area (Å²) in [5.74, 6) is 0.732. The maximum atomic E-state index is 9.77. The van der Waals surface area contributed by atoms with Gasteiger partial charge in [-0.3, -0.25) is 0 Å². The van der Waals surface area contributed by atoms with Crippen LogP contribution in [0.5, 0.6) is 0 Å². The molecule has 0 saturated carbocycles. The summed E-state index contributed by atoms with van der Waals surface area (Å²) in [4.78, 5) is 0. The quantitative estimate of drug-likeness (QED) is 0.714. The number of rotatable bonds is 5. The summed E-state index contributed by atoms with van der Waals surface area (Å²) >= 11 is 0. The van der Waals surface area contributed by atoms with Crippen molar-refractivity contribution < 1.29 is 9.84 Å². The minimum Gasteiger partial charge on any atom is -0.390 e. The fourth-order valence-corrected chi connectivity index (χ4v) is 1.75.